The van der Waals surface area contributed by atoms with Crippen LogP contribution in [0.25, 0.3) is 12.2 Å². The highest BCUT2D eigenvalue weighted by Crippen LogP contribution is 2.61. The predicted molar refractivity (Wildman–Crippen MR) is 196 cm³/mol. The molecule has 1 saturated carbocycles. The number of aliphatic hydroxyl groups is 5. The smallest absolute Gasteiger partial charge is 0.331 e. The van der Waals surface area contributed by atoms with Crippen molar-refractivity contribution in [1.82, 2.24) is 0 Å². The number of esters is 3. The predicted octanol–water partition coefficient (Wildman–Crippen LogP) is 0.361. The van der Waals surface area contributed by atoms with Gasteiger partial charge < -0.3 is 68.2 Å². The van der Waals surface area contributed by atoms with Crippen LogP contribution in [0, 0.1) is 11.8 Å². The third kappa shape index (κ3) is 8.60. The summed E-state index contributed by atoms with van der Waals surface area (Å²) in [4.78, 5) is 39.3. The number of ether oxygens (including phenoxy) is 9. The molecular formula is C41H46O17. The Balaban J connectivity index is 1.17. The highest BCUT2D eigenvalue weighted by Gasteiger charge is 2.77. The third-order valence-corrected chi connectivity index (χ3v) is 10.8. The summed E-state index contributed by atoms with van der Waals surface area (Å²) >= 11 is 0. The van der Waals surface area contributed by atoms with Crippen molar-refractivity contribution in [2.24, 2.45) is 11.8 Å². The highest BCUT2D eigenvalue weighted by atomic mass is 16.8. The van der Waals surface area contributed by atoms with E-state index in [2.05, 4.69) is 0 Å². The van der Waals surface area contributed by atoms with Crippen LogP contribution in [0.1, 0.15) is 25.0 Å². The fraction of sp³-hybridized carbons (Fsp3) is 0.488. The van der Waals surface area contributed by atoms with Gasteiger partial charge in [-0.05, 0) is 36.3 Å². The molecule has 5 aliphatic rings. The molecule has 5 N–H and O–H groups in total. The second kappa shape index (κ2) is 17.8. The van der Waals surface area contributed by atoms with E-state index in [9.17, 15) is 39.9 Å². The fourth-order valence-electron chi connectivity index (χ4n) is 7.96. The van der Waals surface area contributed by atoms with Crippen molar-refractivity contribution in [3.8, 4) is 0 Å². The standard InChI is InChI=1S/C41H46O17/c1-21-33(52-22(2)44)35(54-27(45)15-13-23-9-5-3-6-10-23)36(55-28(46)16-14-24-11-7-4-8-12-24)40(51-21)56-34-25-17-18-50-38(29(25)41(20-43)37(34)58-41)57-39-32(49)31(48)30(47)26(19-42)53-39/h3-18,21,25-26,29-40,42-43,47-49H,19-20H2,1-2H3/b15-13+,16-14+/t21?,25-,26?,29-,30?,31?,32?,33?,34?,35?,36?,37+,38+,39?,40?,41-/m1/s1. The molecule has 0 bridgehead atoms. The van der Waals surface area contributed by atoms with E-state index >= 15 is 0 Å². The maximum atomic E-state index is 13.5. The van der Waals surface area contributed by atoms with E-state index < -0.39 is 128 Å². The van der Waals surface area contributed by atoms with E-state index in [0.29, 0.717) is 11.1 Å². The normalized spacial score (nSPS) is 39.1. The van der Waals surface area contributed by atoms with Gasteiger partial charge in [0.2, 0.25) is 6.29 Å². The van der Waals surface area contributed by atoms with Crippen molar-refractivity contribution < 1.29 is 82.5 Å². The van der Waals surface area contributed by atoms with Gasteiger partial charge in [-0.15, -0.1) is 0 Å². The molecule has 17 nitrogen and oxygen atoms in total. The van der Waals surface area contributed by atoms with E-state index in [1.165, 1.54) is 37.5 Å². The van der Waals surface area contributed by atoms with E-state index in [0.717, 1.165) is 0 Å². The molecule has 0 radical (unpaired) electrons. The number of hydrogen-bond acceptors (Lipinski definition) is 17. The molecule has 0 amide bonds. The van der Waals surface area contributed by atoms with Gasteiger partial charge in [0.1, 0.15) is 36.1 Å². The van der Waals surface area contributed by atoms with Gasteiger partial charge in [0.15, 0.2) is 30.9 Å². The largest absolute Gasteiger partial charge is 0.472 e. The number of hydrogen-bond donors (Lipinski definition) is 5. The molecule has 4 fully saturated rings. The van der Waals surface area contributed by atoms with Crippen LogP contribution in [0.3, 0.4) is 0 Å². The lowest BCUT2D eigenvalue weighted by molar-refractivity contribution is -0.347. The molecule has 11 unspecified atom stereocenters. The Morgan fingerprint density at radius 3 is 1.93 bits per heavy atom. The molecule has 312 valence electrons. The van der Waals surface area contributed by atoms with Crippen molar-refractivity contribution in [2.45, 2.75) is 99.4 Å². The topological polar surface area (TPSA) is 239 Å². The third-order valence-electron chi connectivity index (χ3n) is 10.8. The van der Waals surface area contributed by atoms with E-state index in [1.807, 2.05) is 12.1 Å². The second-order valence-corrected chi connectivity index (χ2v) is 14.6. The molecule has 7 rings (SSSR count). The minimum absolute atomic E-state index is 0.530. The molecule has 4 aliphatic heterocycles. The number of benzene rings is 2. The first kappa shape index (κ1) is 41.6. The van der Waals surface area contributed by atoms with Crippen LogP contribution in [0.4, 0.5) is 0 Å². The van der Waals surface area contributed by atoms with Gasteiger partial charge in [-0.25, -0.2) is 9.59 Å². The Labute approximate surface area is 332 Å². The number of carbonyl (C=O) groups excluding carboxylic acids is 3. The average Bonchev–Trinajstić information content (AvgIpc) is 3.90. The molecular weight excluding hydrogens is 764 g/mol. The summed E-state index contributed by atoms with van der Waals surface area (Å²) in [6.07, 6.45) is -9.26. The highest BCUT2D eigenvalue weighted by molar-refractivity contribution is 5.88. The van der Waals surface area contributed by atoms with Crippen molar-refractivity contribution >= 4 is 30.1 Å². The summed E-state index contributed by atoms with van der Waals surface area (Å²) in [6.45, 7) is 1.53. The Morgan fingerprint density at radius 2 is 1.34 bits per heavy atom. The van der Waals surface area contributed by atoms with Crippen molar-refractivity contribution in [3.05, 3.63) is 96.3 Å². The molecule has 1 aliphatic carbocycles. The van der Waals surface area contributed by atoms with Crippen molar-refractivity contribution in [2.75, 3.05) is 13.2 Å². The van der Waals surface area contributed by atoms with E-state index in [4.69, 9.17) is 42.6 Å². The van der Waals surface area contributed by atoms with Crippen molar-refractivity contribution in [3.63, 3.8) is 0 Å². The molecule has 2 aromatic rings. The van der Waals surface area contributed by atoms with Gasteiger partial charge >= 0.3 is 17.9 Å². The summed E-state index contributed by atoms with van der Waals surface area (Å²) in [6, 6.07) is 17.9. The Kier molecular flexibility index (Phi) is 12.7. The Morgan fingerprint density at radius 1 is 0.724 bits per heavy atom. The number of rotatable bonds is 13. The lowest BCUT2D eigenvalue weighted by Gasteiger charge is -2.45. The van der Waals surface area contributed by atoms with E-state index in [-0.39, 0.29) is 0 Å². The lowest BCUT2D eigenvalue weighted by Crippen LogP contribution is -2.62. The van der Waals surface area contributed by atoms with Crippen LogP contribution >= 0.6 is 0 Å². The maximum absolute atomic E-state index is 13.5. The molecule has 58 heavy (non-hydrogen) atoms. The summed E-state index contributed by atoms with van der Waals surface area (Å²) in [7, 11) is 0. The molecule has 17 heteroatoms. The van der Waals surface area contributed by atoms with Crippen LogP contribution in [-0.2, 0) is 57.0 Å². The van der Waals surface area contributed by atoms with Crippen molar-refractivity contribution in [1.29, 1.82) is 0 Å². The minimum Gasteiger partial charge on any atom is -0.472 e. The van der Waals surface area contributed by atoms with Gasteiger partial charge in [0.25, 0.3) is 0 Å². The number of carbonyl (C=O) groups is 3. The first-order chi connectivity index (χ1) is 27.9. The SMILES string of the molecule is CC(=O)OC1C(C)OC(OC2[C@@H]3C=CO[C@@H](OC4OC(CO)C(O)C(O)C4O)[C@@H]3[C@@]3(CO)O[C@@H]23)C(OC(=O)/C=C/c2ccccc2)C1OC(=O)/C=C/c1ccccc1. The molecule has 0 aromatic heterocycles. The Bertz CT molecular complexity index is 1840. The first-order valence-electron chi connectivity index (χ1n) is 18.9. The quantitative estimate of drug-likeness (QED) is 0.0795. The zero-order valence-corrected chi connectivity index (χ0v) is 31.4. The summed E-state index contributed by atoms with van der Waals surface area (Å²) in [5.41, 5.74) is 0.0955. The first-order valence-corrected chi connectivity index (χ1v) is 18.9. The van der Waals surface area contributed by atoms with Gasteiger partial charge in [-0.3, -0.25) is 4.79 Å². The molecule has 0 spiro atoms. The molecule has 4 heterocycles. The molecule has 16 atom stereocenters. The van der Waals surface area contributed by atoms with Gasteiger partial charge in [-0.2, -0.15) is 0 Å². The summed E-state index contributed by atoms with van der Waals surface area (Å²) in [5, 5.41) is 51.7. The second-order valence-electron chi connectivity index (χ2n) is 14.6. The fourth-order valence-corrected chi connectivity index (χ4v) is 7.96. The molecule has 3 saturated heterocycles. The monoisotopic (exact) mass is 810 g/mol. The summed E-state index contributed by atoms with van der Waals surface area (Å²) in [5.74, 6) is -3.90. The zero-order valence-electron chi connectivity index (χ0n) is 31.4. The van der Waals surface area contributed by atoms with Gasteiger partial charge in [0, 0.05) is 25.0 Å². The number of aliphatic hydroxyl groups excluding tert-OH is 5. The lowest BCUT2D eigenvalue weighted by atomic mass is 9.85. The van der Waals surface area contributed by atoms with Crippen LogP contribution in [-0.4, -0.2) is 142 Å². The van der Waals surface area contributed by atoms with Crippen LogP contribution in [0.15, 0.2) is 85.2 Å². The number of epoxide rings is 1. The van der Waals surface area contributed by atoms with Gasteiger partial charge in [-0.1, -0.05) is 60.7 Å². The molecule has 2 aromatic carbocycles. The average molecular weight is 811 g/mol. The maximum Gasteiger partial charge on any atom is 0.331 e. The Hall–Kier alpha value is -4.53. The van der Waals surface area contributed by atoms with E-state index in [1.54, 1.807) is 61.5 Å². The van der Waals surface area contributed by atoms with Crippen LogP contribution in [0.5, 0.6) is 0 Å². The number of fused-ring (bicyclic) bond motifs is 3. The minimum atomic E-state index is -1.74. The zero-order chi connectivity index (χ0) is 41.1. The van der Waals surface area contributed by atoms with Crippen LogP contribution < -0.4 is 0 Å². The summed E-state index contributed by atoms with van der Waals surface area (Å²) < 4.78 is 53.7. The van der Waals surface area contributed by atoms with Gasteiger partial charge in [0.05, 0.1) is 37.6 Å². The van der Waals surface area contributed by atoms with Crippen LogP contribution in [0.2, 0.25) is 0 Å².